The van der Waals surface area contributed by atoms with Gasteiger partial charge >= 0.3 is 0 Å². The molecule has 1 aromatic rings. The summed E-state index contributed by atoms with van der Waals surface area (Å²) >= 11 is 3.25. The van der Waals surface area contributed by atoms with Crippen molar-refractivity contribution in [3.05, 3.63) is 30.3 Å². The molecule has 0 heterocycles. The number of hydrogen-bond acceptors (Lipinski definition) is 2. The zero-order chi connectivity index (χ0) is 12.5. The first-order valence-electron chi connectivity index (χ1n) is 5.46. The summed E-state index contributed by atoms with van der Waals surface area (Å²) < 4.78 is 30.0. The first-order valence-corrected chi connectivity index (χ1v) is 6.59. The van der Waals surface area contributed by atoms with Crippen molar-refractivity contribution in [3.8, 4) is 5.75 Å². The van der Waals surface area contributed by atoms with Crippen molar-refractivity contribution in [2.24, 2.45) is 0 Å². The summed E-state index contributed by atoms with van der Waals surface area (Å²) in [4.78, 5) is 1.68. The first kappa shape index (κ1) is 14.4. The smallest absolute Gasteiger partial charge is 0.251 e. The standard InChI is InChI=1S/C12H16BrF2NO/c13-6-7-16(10-12(14)15)8-9-17-11-4-2-1-3-5-11/h1-5,12H,6-10H2. The third-order valence-electron chi connectivity index (χ3n) is 2.22. The minimum absolute atomic E-state index is 0.205. The third kappa shape index (κ3) is 6.58. The van der Waals surface area contributed by atoms with Crippen LogP contribution in [0.15, 0.2) is 30.3 Å². The van der Waals surface area contributed by atoms with Crippen molar-refractivity contribution < 1.29 is 13.5 Å². The largest absolute Gasteiger partial charge is 0.492 e. The number of para-hydroxylation sites is 1. The molecule has 1 rings (SSSR count). The number of ether oxygens (including phenoxy) is 1. The molecule has 17 heavy (non-hydrogen) atoms. The van der Waals surface area contributed by atoms with Crippen LogP contribution in [0.4, 0.5) is 8.78 Å². The molecule has 5 heteroatoms. The minimum atomic E-state index is -2.30. The van der Waals surface area contributed by atoms with E-state index in [0.29, 0.717) is 25.0 Å². The molecule has 0 unspecified atom stereocenters. The number of nitrogens with zero attached hydrogens (tertiary/aromatic N) is 1. The normalized spacial score (nSPS) is 11.1. The Kier molecular flexibility index (Phi) is 7.12. The van der Waals surface area contributed by atoms with Gasteiger partial charge in [-0.05, 0) is 12.1 Å². The number of halogens is 3. The van der Waals surface area contributed by atoms with Gasteiger partial charge in [-0.2, -0.15) is 0 Å². The van der Waals surface area contributed by atoms with E-state index in [1.54, 1.807) is 4.90 Å². The maximum Gasteiger partial charge on any atom is 0.251 e. The van der Waals surface area contributed by atoms with Gasteiger partial charge < -0.3 is 4.74 Å². The summed E-state index contributed by atoms with van der Waals surface area (Å²) in [6.07, 6.45) is -2.30. The van der Waals surface area contributed by atoms with Crippen LogP contribution in [0.3, 0.4) is 0 Å². The summed E-state index contributed by atoms with van der Waals surface area (Å²) in [7, 11) is 0. The highest BCUT2D eigenvalue weighted by Gasteiger charge is 2.11. The molecule has 0 saturated carbocycles. The summed E-state index contributed by atoms with van der Waals surface area (Å²) in [5, 5.41) is 0.686. The summed E-state index contributed by atoms with van der Waals surface area (Å²) in [5.41, 5.74) is 0. The number of hydrogen-bond donors (Lipinski definition) is 0. The van der Waals surface area contributed by atoms with E-state index < -0.39 is 6.43 Å². The fourth-order valence-corrected chi connectivity index (χ4v) is 1.92. The maximum atomic E-state index is 12.3. The molecular weight excluding hydrogens is 292 g/mol. The highest BCUT2D eigenvalue weighted by molar-refractivity contribution is 9.09. The summed E-state index contributed by atoms with van der Waals surface area (Å²) in [6.45, 7) is 1.32. The molecule has 0 aliphatic carbocycles. The SMILES string of the molecule is FC(F)CN(CCBr)CCOc1ccccc1. The van der Waals surface area contributed by atoms with Crippen LogP contribution in [-0.4, -0.2) is 42.9 Å². The Labute approximate surface area is 109 Å². The van der Waals surface area contributed by atoms with Gasteiger partial charge in [0, 0.05) is 18.4 Å². The Hall–Kier alpha value is -0.680. The van der Waals surface area contributed by atoms with Crippen LogP contribution in [0.2, 0.25) is 0 Å². The molecule has 0 atom stereocenters. The molecule has 0 fully saturated rings. The van der Waals surface area contributed by atoms with Gasteiger partial charge in [-0.1, -0.05) is 34.1 Å². The van der Waals surface area contributed by atoms with E-state index in [4.69, 9.17) is 4.74 Å². The Bertz CT molecular complexity index is 298. The van der Waals surface area contributed by atoms with E-state index in [9.17, 15) is 8.78 Å². The van der Waals surface area contributed by atoms with Crippen molar-refractivity contribution >= 4 is 15.9 Å². The molecule has 0 aliphatic heterocycles. The van der Waals surface area contributed by atoms with Gasteiger partial charge in [0.15, 0.2) is 0 Å². The average Bonchev–Trinajstić information content (AvgIpc) is 2.30. The van der Waals surface area contributed by atoms with Crippen molar-refractivity contribution in [3.63, 3.8) is 0 Å². The monoisotopic (exact) mass is 307 g/mol. The second-order valence-corrected chi connectivity index (χ2v) is 4.34. The minimum Gasteiger partial charge on any atom is -0.492 e. The zero-order valence-electron chi connectivity index (χ0n) is 9.49. The lowest BCUT2D eigenvalue weighted by atomic mass is 10.3. The fourth-order valence-electron chi connectivity index (χ4n) is 1.42. The average molecular weight is 308 g/mol. The van der Waals surface area contributed by atoms with Crippen LogP contribution in [0.25, 0.3) is 0 Å². The molecular formula is C12H16BrF2NO. The Morgan fingerprint density at radius 2 is 1.88 bits per heavy atom. The molecule has 0 aromatic heterocycles. The third-order valence-corrected chi connectivity index (χ3v) is 2.57. The number of benzene rings is 1. The van der Waals surface area contributed by atoms with Crippen LogP contribution in [0.5, 0.6) is 5.75 Å². The van der Waals surface area contributed by atoms with Gasteiger partial charge in [0.05, 0.1) is 6.54 Å². The van der Waals surface area contributed by atoms with Crippen LogP contribution < -0.4 is 4.74 Å². The summed E-state index contributed by atoms with van der Waals surface area (Å²) in [5.74, 6) is 0.767. The second kappa shape index (κ2) is 8.42. The van der Waals surface area contributed by atoms with Crippen LogP contribution in [-0.2, 0) is 0 Å². The maximum absolute atomic E-state index is 12.3. The van der Waals surface area contributed by atoms with E-state index in [1.807, 2.05) is 30.3 Å². The second-order valence-electron chi connectivity index (χ2n) is 3.54. The van der Waals surface area contributed by atoms with E-state index in [0.717, 1.165) is 5.75 Å². The van der Waals surface area contributed by atoms with E-state index in [1.165, 1.54) is 0 Å². The van der Waals surface area contributed by atoms with Gasteiger partial charge in [-0.15, -0.1) is 0 Å². The molecule has 0 N–H and O–H groups in total. The van der Waals surface area contributed by atoms with Crippen LogP contribution >= 0.6 is 15.9 Å². The summed E-state index contributed by atoms with van der Waals surface area (Å²) in [6, 6.07) is 9.36. The van der Waals surface area contributed by atoms with Gasteiger partial charge in [-0.3, -0.25) is 4.90 Å². The van der Waals surface area contributed by atoms with E-state index in [2.05, 4.69) is 15.9 Å². The molecule has 0 amide bonds. The molecule has 0 radical (unpaired) electrons. The lowest BCUT2D eigenvalue weighted by molar-refractivity contribution is 0.0840. The molecule has 0 bridgehead atoms. The predicted molar refractivity (Wildman–Crippen MR) is 68.2 cm³/mol. The molecule has 96 valence electrons. The van der Waals surface area contributed by atoms with Crippen molar-refractivity contribution in [2.75, 3.05) is 31.6 Å². The molecule has 1 aromatic carbocycles. The van der Waals surface area contributed by atoms with Crippen LogP contribution in [0.1, 0.15) is 0 Å². The van der Waals surface area contributed by atoms with Gasteiger partial charge in [-0.25, -0.2) is 8.78 Å². The quantitative estimate of drug-likeness (QED) is 0.685. The van der Waals surface area contributed by atoms with Gasteiger partial charge in [0.1, 0.15) is 12.4 Å². The fraction of sp³-hybridized carbons (Fsp3) is 0.500. The lowest BCUT2D eigenvalue weighted by Crippen LogP contribution is -2.34. The van der Waals surface area contributed by atoms with Crippen molar-refractivity contribution in [1.82, 2.24) is 4.90 Å². The highest BCUT2D eigenvalue weighted by Crippen LogP contribution is 2.08. The van der Waals surface area contributed by atoms with Gasteiger partial charge in [0.2, 0.25) is 0 Å². The zero-order valence-corrected chi connectivity index (χ0v) is 11.1. The van der Waals surface area contributed by atoms with Crippen molar-refractivity contribution in [2.45, 2.75) is 6.43 Å². The van der Waals surface area contributed by atoms with Gasteiger partial charge in [0.25, 0.3) is 6.43 Å². The van der Waals surface area contributed by atoms with Crippen molar-refractivity contribution in [1.29, 1.82) is 0 Å². The molecule has 0 spiro atoms. The predicted octanol–water partition coefficient (Wildman–Crippen LogP) is 3.03. The Morgan fingerprint density at radius 1 is 1.18 bits per heavy atom. The first-order chi connectivity index (χ1) is 8.22. The van der Waals surface area contributed by atoms with E-state index >= 15 is 0 Å². The molecule has 2 nitrogen and oxygen atoms in total. The van der Waals surface area contributed by atoms with E-state index in [-0.39, 0.29) is 6.54 Å². The number of alkyl halides is 3. The molecule has 0 saturated heterocycles. The topological polar surface area (TPSA) is 12.5 Å². The Morgan fingerprint density at radius 3 is 2.47 bits per heavy atom. The Balaban J connectivity index is 2.26. The van der Waals surface area contributed by atoms with Crippen LogP contribution in [0, 0.1) is 0 Å². The lowest BCUT2D eigenvalue weighted by Gasteiger charge is -2.20. The highest BCUT2D eigenvalue weighted by atomic mass is 79.9. The molecule has 0 aliphatic rings. The number of rotatable bonds is 8.